The summed E-state index contributed by atoms with van der Waals surface area (Å²) in [4.78, 5) is 13.7. The van der Waals surface area contributed by atoms with Crippen LogP contribution in [0.4, 0.5) is 0 Å². The van der Waals surface area contributed by atoms with E-state index < -0.39 is 8.32 Å². The summed E-state index contributed by atoms with van der Waals surface area (Å²) in [6, 6.07) is 9.89. The van der Waals surface area contributed by atoms with Crippen LogP contribution in [-0.2, 0) is 4.43 Å². The average Bonchev–Trinajstić information content (AvgIpc) is 2.71. The van der Waals surface area contributed by atoms with Crippen LogP contribution >= 0.6 is 0 Å². The van der Waals surface area contributed by atoms with Gasteiger partial charge in [0.2, 0.25) is 0 Å². The quantitative estimate of drug-likeness (QED) is 0.251. The monoisotopic (exact) mass is 424 g/mol. The van der Waals surface area contributed by atoms with E-state index in [0.717, 1.165) is 37.0 Å². The number of hydrogen-bond acceptors (Lipinski definition) is 2. The molecule has 0 unspecified atom stereocenters. The molecule has 2 nitrogen and oxygen atoms in total. The van der Waals surface area contributed by atoms with Crippen molar-refractivity contribution in [1.29, 1.82) is 0 Å². The predicted molar refractivity (Wildman–Crippen MR) is 129 cm³/mol. The zero-order chi connectivity index (χ0) is 22.1. The van der Waals surface area contributed by atoms with Crippen LogP contribution in [0.2, 0.25) is 16.6 Å². The summed E-state index contributed by atoms with van der Waals surface area (Å²) >= 11 is 0. The highest BCUT2D eigenvalue weighted by Gasteiger charge is 2.51. The molecular formula is C27H40O2Si. The van der Waals surface area contributed by atoms with Crippen LogP contribution in [0.1, 0.15) is 84.5 Å². The number of allylic oxidation sites excluding steroid dienone is 4. The fourth-order valence-electron chi connectivity index (χ4n) is 6.24. The Hall–Kier alpha value is -1.61. The molecule has 0 aliphatic heterocycles. The molecule has 0 radical (unpaired) electrons. The van der Waals surface area contributed by atoms with Gasteiger partial charge >= 0.3 is 0 Å². The number of Topliss-reactive ketones (excluding diaryl/α,β-unsaturated/α-hetero) is 1. The highest BCUT2D eigenvalue weighted by atomic mass is 28.4. The molecule has 0 fully saturated rings. The molecule has 30 heavy (non-hydrogen) atoms. The van der Waals surface area contributed by atoms with Crippen molar-refractivity contribution in [2.45, 2.75) is 90.8 Å². The van der Waals surface area contributed by atoms with E-state index in [1.165, 1.54) is 5.57 Å². The number of carbonyl (C=O) groups is 1. The molecule has 0 bridgehead atoms. The summed E-state index contributed by atoms with van der Waals surface area (Å²) in [5, 5.41) is 0. The summed E-state index contributed by atoms with van der Waals surface area (Å²) < 4.78 is 7.05. The van der Waals surface area contributed by atoms with Gasteiger partial charge in [0.15, 0.2) is 5.78 Å². The van der Waals surface area contributed by atoms with Gasteiger partial charge in [-0.05, 0) is 54.8 Å². The summed E-state index contributed by atoms with van der Waals surface area (Å²) in [6.45, 7) is 16.3. The van der Waals surface area contributed by atoms with E-state index in [0.29, 0.717) is 28.3 Å². The predicted octanol–water partition coefficient (Wildman–Crippen LogP) is 8.08. The zero-order valence-corrected chi connectivity index (χ0v) is 21.0. The summed E-state index contributed by atoms with van der Waals surface area (Å²) in [5.41, 5.74) is 3.63. The van der Waals surface area contributed by atoms with Gasteiger partial charge in [-0.2, -0.15) is 0 Å². The van der Waals surface area contributed by atoms with Gasteiger partial charge in [-0.15, -0.1) is 0 Å². The maximum absolute atomic E-state index is 13.7. The van der Waals surface area contributed by atoms with Gasteiger partial charge in [0.1, 0.15) is 0 Å². The van der Waals surface area contributed by atoms with Gasteiger partial charge in [-0.3, -0.25) is 4.79 Å². The number of hydrogen-bond donors (Lipinski definition) is 0. The Balaban J connectivity index is 1.95. The Bertz CT molecular complexity index is 797. The average molecular weight is 425 g/mol. The van der Waals surface area contributed by atoms with Crippen LogP contribution in [0.25, 0.3) is 0 Å². The molecule has 0 saturated heterocycles. The summed E-state index contributed by atoms with van der Waals surface area (Å²) in [7, 11) is -1.97. The molecule has 3 rings (SSSR count). The maximum Gasteiger partial charge on any atom is 0.258 e. The van der Waals surface area contributed by atoms with E-state index in [-0.39, 0.29) is 5.41 Å². The molecular weight excluding hydrogens is 384 g/mol. The highest BCUT2D eigenvalue weighted by Crippen LogP contribution is 2.53. The van der Waals surface area contributed by atoms with Crippen LogP contribution < -0.4 is 0 Å². The second kappa shape index (κ2) is 8.86. The van der Waals surface area contributed by atoms with E-state index in [9.17, 15) is 4.79 Å². The highest BCUT2D eigenvalue weighted by molar-refractivity contribution is 6.77. The van der Waals surface area contributed by atoms with E-state index in [4.69, 9.17) is 4.43 Å². The van der Waals surface area contributed by atoms with Crippen LogP contribution in [0.3, 0.4) is 0 Å². The fourth-order valence-corrected chi connectivity index (χ4v) is 11.6. The van der Waals surface area contributed by atoms with E-state index >= 15 is 0 Å². The molecule has 0 amide bonds. The van der Waals surface area contributed by atoms with Crippen LogP contribution in [0.15, 0.2) is 53.8 Å². The third kappa shape index (κ3) is 3.98. The fraction of sp³-hybridized carbons (Fsp3) is 0.593. The Kier molecular flexibility index (Phi) is 6.81. The largest absolute Gasteiger partial charge is 0.546 e. The van der Waals surface area contributed by atoms with Crippen molar-refractivity contribution in [1.82, 2.24) is 0 Å². The number of rotatable bonds is 7. The van der Waals surface area contributed by atoms with Crippen LogP contribution in [0.5, 0.6) is 0 Å². The molecule has 0 heterocycles. The molecule has 2 aliphatic carbocycles. The normalized spacial score (nSPS) is 24.5. The Morgan fingerprint density at radius 3 is 2.07 bits per heavy atom. The van der Waals surface area contributed by atoms with Gasteiger partial charge in [-0.1, -0.05) is 83.5 Å². The summed E-state index contributed by atoms with van der Waals surface area (Å²) in [5.74, 6) is 1.80. The lowest BCUT2D eigenvalue weighted by Crippen LogP contribution is -2.49. The second-order valence-electron chi connectivity index (χ2n) is 10.5. The maximum atomic E-state index is 13.7. The number of fused-ring (bicyclic) bond motifs is 1. The first kappa shape index (κ1) is 23.1. The number of benzene rings is 1. The molecule has 2 atom stereocenters. The van der Waals surface area contributed by atoms with Crippen molar-refractivity contribution in [3.8, 4) is 0 Å². The van der Waals surface area contributed by atoms with Crippen molar-refractivity contribution in [3.63, 3.8) is 0 Å². The van der Waals surface area contributed by atoms with E-state index in [1.54, 1.807) is 0 Å². The molecule has 0 saturated carbocycles. The van der Waals surface area contributed by atoms with E-state index in [2.05, 4.69) is 60.6 Å². The first-order valence-corrected chi connectivity index (χ1v) is 13.9. The second-order valence-corrected chi connectivity index (χ2v) is 15.9. The zero-order valence-electron chi connectivity index (χ0n) is 20.0. The van der Waals surface area contributed by atoms with Gasteiger partial charge in [-0.25, -0.2) is 0 Å². The van der Waals surface area contributed by atoms with E-state index in [1.807, 2.05) is 30.3 Å². The lowest BCUT2D eigenvalue weighted by atomic mass is 9.58. The minimum atomic E-state index is -1.97. The minimum Gasteiger partial charge on any atom is -0.546 e. The topological polar surface area (TPSA) is 26.3 Å². The summed E-state index contributed by atoms with van der Waals surface area (Å²) in [6.07, 6.45) is 8.11. The standard InChI is InChI=1S/C27H40O2Si/c1-19(2)30(20(3)4,21(5)6)29-25-14-16-27(15-13-22(7)17-24(27)18-25)26(28)23-11-9-8-10-12-23/h8-14,19-21,24H,15-18H2,1-7H3/t24-,27-/m1/s1. The molecule has 2 aliphatic rings. The molecule has 0 N–H and O–H groups in total. The molecule has 164 valence electrons. The first-order chi connectivity index (χ1) is 14.1. The smallest absolute Gasteiger partial charge is 0.258 e. The Morgan fingerprint density at radius 2 is 1.50 bits per heavy atom. The molecule has 3 heteroatoms. The Morgan fingerprint density at radius 1 is 0.933 bits per heavy atom. The van der Waals surface area contributed by atoms with Crippen molar-refractivity contribution in [2.75, 3.05) is 0 Å². The third-order valence-corrected chi connectivity index (χ3v) is 13.8. The first-order valence-electron chi connectivity index (χ1n) is 11.8. The molecule has 1 aromatic rings. The molecule has 1 aromatic carbocycles. The van der Waals surface area contributed by atoms with Crippen LogP contribution in [-0.4, -0.2) is 14.1 Å². The minimum absolute atomic E-state index is 0.312. The number of carbonyl (C=O) groups excluding carboxylic acids is 1. The van der Waals surface area contributed by atoms with Crippen molar-refractivity contribution in [2.24, 2.45) is 11.3 Å². The van der Waals surface area contributed by atoms with Crippen molar-refractivity contribution in [3.05, 3.63) is 59.4 Å². The SMILES string of the molecule is CC1=CC[C@@]2(C(=O)c3ccccc3)CC=C(O[Si](C(C)C)(C(C)C)C(C)C)C[C@H]2C1. The van der Waals surface area contributed by atoms with Crippen molar-refractivity contribution >= 4 is 14.1 Å². The number of ketones is 1. The lowest BCUT2D eigenvalue weighted by molar-refractivity contribution is 0.0600. The van der Waals surface area contributed by atoms with Gasteiger partial charge in [0.25, 0.3) is 8.32 Å². The van der Waals surface area contributed by atoms with Crippen LogP contribution in [0, 0.1) is 11.3 Å². The Labute approximate surface area is 184 Å². The van der Waals surface area contributed by atoms with Crippen molar-refractivity contribution < 1.29 is 9.22 Å². The molecule has 0 spiro atoms. The molecule has 0 aromatic heterocycles. The van der Waals surface area contributed by atoms with Gasteiger partial charge < -0.3 is 4.43 Å². The lowest BCUT2D eigenvalue weighted by Gasteiger charge is -2.48. The van der Waals surface area contributed by atoms with Gasteiger partial charge in [0, 0.05) is 17.4 Å². The van der Waals surface area contributed by atoms with Gasteiger partial charge in [0.05, 0.1) is 5.76 Å². The third-order valence-electron chi connectivity index (χ3n) is 7.81.